The van der Waals surface area contributed by atoms with Crippen molar-refractivity contribution in [2.24, 2.45) is 5.14 Å². The van der Waals surface area contributed by atoms with Crippen molar-refractivity contribution in [3.05, 3.63) is 33.2 Å². The summed E-state index contributed by atoms with van der Waals surface area (Å²) in [5, 5.41) is 4.77. The van der Waals surface area contributed by atoms with Crippen LogP contribution in [0.25, 0.3) is 11.2 Å². The molecule has 15 heteroatoms. The highest BCUT2D eigenvalue weighted by Crippen LogP contribution is 2.36. The molecule has 0 aliphatic carbocycles. The molecule has 1 aromatic carbocycles. The van der Waals surface area contributed by atoms with Gasteiger partial charge in [-0.15, -0.1) is 0 Å². The summed E-state index contributed by atoms with van der Waals surface area (Å²) in [7, 11) is -3.94. The maximum absolute atomic E-state index is 13.9. The van der Waals surface area contributed by atoms with Crippen LogP contribution in [0.2, 0.25) is 0 Å². The number of rotatable bonds is 11. The third-order valence-electron chi connectivity index (χ3n) is 4.95. The molecule has 1 aliphatic rings. The van der Waals surface area contributed by atoms with Crippen LogP contribution in [-0.2, 0) is 32.2 Å². The summed E-state index contributed by atoms with van der Waals surface area (Å²) in [4.78, 5) is 12.0. The lowest BCUT2D eigenvalue weighted by molar-refractivity contribution is 0.119. The molecule has 3 aromatic rings. The summed E-state index contributed by atoms with van der Waals surface area (Å²) in [6.07, 6.45) is 0.516. The molecule has 0 saturated heterocycles. The molecule has 0 bridgehead atoms. The van der Waals surface area contributed by atoms with E-state index in [-0.39, 0.29) is 31.5 Å². The Labute approximate surface area is 208 Å². The van der Waals surface area contributed by atoms with Crippen molar-refractivity contribution in [2.45, 2.75) is 25.8 Å². The smallest absolute Gasteiger partial charge is 0.333 e. The van der Waals surface area contributed by atoms with E-state index >= 15 is 0 Å². The van der Waals surface area contributed by atoms with Crippen LogP contribution in [0.15, 0.2) is 12.1 Å². The number of nitrogens with zero attached hydrogens (tertiary/aromatic N) is 4. The number of hydrogen-bond acceptors (Lipinski definition) is 10. The van der Waals surface area contributed by atoms with E-state index in [0.29, 0.717) is 55.3 Å². The van der Waals surface area contributed by atoms with Gasteiger partial charge in [0.2, 0.25) is 6.79 Å². The Kier molecular flexibility index (Phi) is 7.66. The first-order chi connectivity index (χ1) is 16.2. The average Bonchev–Trinajstić information content (AvgIpc) is 3.34. The molecule has 4 N–H and O–H groups in total. The number of fused-ring (bicyclic) bond motifs is 2. The second-order valence-electron chi connectivity index (χ2n) is 7.34. The number of nitrogens with two attached hydrogens (primary N) is 2. The number of ether oxygens (including phenoxy) is 3. The minimum atomic E-state index is -3.94. The van der Waals surface area contributed by atoms with Crippen molar-refractivity contribution in [1.82, 2.24) is 19.5 Å². The van der Waals surface area contributed by atoms with E-state index in [4.69, 9.17) is 25.1 Å². The number of aromatic nitrogens is 4. The maximum atomic E-state index is 13.9. The van der Waals surface area contributed by atoms with Gasteiger partial charge < -0.3 is 24.5 Å². The quantitative estimate of drug-likeness (QED) is 0.185. The standard InChI is InChI=1S/C19H22FIN6O6S/c20-19-25-17(22)16-18(26-19)27(3-6-30-4-1-2-5-33-34(23,28)29)15(24-16)8-11-7-13-14(9-12(11)21)32-10-31-13/h7,9H,1-6,8,10H2,(H2,22,25,26)(H2,23,28,29). The number of nitrogen functional groups attached to an aromatic ring is 1. The van der Waals surface area contributed by atoms with Crippen molar-refractivity contribution >= 4 is 49.9 Å². The van der Waals surface area contributed by atoms with Crippen LogP contribution < -0.4 is 20.3 Å². The number of halogens is 2. The van der Waals surface area contributed by atoms with Crippen LogP contribution in [0.4, 0.5) is 10.2 Å². The molecule has 0 amide bonds. The lowest BCUT2D eigenvalue weighted by Crippen LogP contribution is -2.16. The van der Waals surface area contributed by atoms with Crippen molar-refractivity contribution in [3.8, 4) is 11.5 Å². The van der Waals surface area contributed by atoms with E-state index in [9.17, 15) is 12.8 Å². The van der Waals surface area contributed by atoms with Gasteiger partial charge in [-0.3, -0.25) is 4.18 Å². The molecule has 2 aromatic heterocycles. The second kappa shape index (κ2) is 10.5. The Balaban J connectivity index is 1.46. The van der Waals surface area contributed by atoms with Crippen molar-refractivity contribution in [2.75, 3.05) is 32.3 Å². The van der Waals surface area contributed by atoms with Gasteiger partial charge in [-0.1, -0.05) is 0 Å². The Morgan fingerprint density at radius 3 is 2.62 bits per heavy atom. The molecule has 4 rings (SSSR count). The van der Waals surface area contributed by atoms with Crippen LogP contribution >= 0.6 is 22.6 Å². The summed E-state index contributed by atoms with van der Waals surface area (Å²) < 4.78 is 59.1. The highest BCUT2D eigenvalue weighted by atomic mass is 127. The molecule has 0 saturated carbocycles. The Bertz CT molecular complexity index is 1300. The predicted molar refractivity (Wildman–Crippen MR) is 127 cm³/mol. The van der Waals surface area contributed by atoms with Gasteiger partial charge in [0.05, 0.1) is 13.2 Å². The number of hydrogen-bond donors (Lipinski definition) is 2. The number of anilines is 1. The molecule has 184 valence electrons. The summed E-state index contributed by atoms with van der Waals surface area (Å²) in [6, 6.07) is 3.78. The molecule has 12 nitrogen and oxygen atoms in total. The molecular formula is C19H22FIN6O6S. The third-order valence-corrected chi connectivity index (χ3v) is 6.45. The van der Waals surface area contributed by atoms with Crippen LogP contribution in [-0.4, -0.2) is 54.6 Å². The van der Waals surface area contributed by atoms with Crippen molar-refractivity contribution in [3.63, 3.8) is 0 Å². The highest BCUT2D eigenvalue weighted by molar-refractivity contribution is 14.1. The lowest BCUT2D eigenvalue weighted by atomic mass is 10.1. The minimum Gasteiger partial charge on any atom is -0.454 e. The fraction of sp³-hybridized carbons (Fsp3) is 0.421. The SMILES string of the molecule is Nc1nc(F)nc2c1nc(Cc1cc3c(cc1I)OCO3)n2CCOCCCCOS(N)(=O)=O. The van der Waals surface area contributed by atoms with Gasteiger partial charge in [0.15, 0.2) is 28.5 Å². The molecule has 0 atom stereocenters. The van der Waals surface area contributed by atoms with Crippen LogP contribution in [0.5, 0.6) is 11.5 Å². The normalized spacial score (nSPS) is 13.1. The maximum Gasteiger partial charge on any atom is 0.333 e. The van der Waals surface area contributed by atoms with Crippen molar-refractivity contribution in [1.29, 1.82) is 0 Å². The van der Waals surface area contributed by atoms with Gasteiger partial charge in [0.25, 0.3) is 0 Å². The Morgan fingerprint density at radius 1 is 1.12 bits per heavy atom. The van der Waals surface area contributed by atoms with Crippen molar-refractivity contribution < 1.29 is 31.2 Å². The predicted octanol–water partition coefficient (Wildman–Crippen LogP) is 1.49. The van der Waals surface area contributed by atoms with E-state index in [1.165, 1.54) is 0 Å². The molecule has 0 radical (unpaired) electrons. The lowest BCUT2D eigenvalue weighted by Gasteiger charge is -2.11. The molecule has 34 heavy (non-hydrogen) atoms. The van der Waals surface area contributed by atoms with Gasteiger partial charge in [-0.25, -0.2) is 10.1 Å². The molecular weight excluding hydrogens is 586 g/mol. The first-order valence-electron chi connectivity index (χ1n) is 10.2. The van der Waals surface area contributed by atoms with Gasteiger partial charge in [0.1, 0.15) is 5.82 Å². The third kappa shape index (κ3) is 6.01. The number of benzene rings is 1. The minimum absolute atomic E-state index is 0.0118. The molecule has 3 heterocycles. The fourth-order valence-electron chi connectivity index (χ4n) is 3.41. The molecule has 0 unspecified atom stereocenters. The summed E-state index contributed by atoms with van der Waals surface area (Å²) in [5.41, 5.74) is 7.43. The first kappa shape index (κ1) is 24.8. The summed E-state index contributed by atoms with van der Waals surface area (Å²) >= 11 is 2.21. The van der Waals surface area contributed by atoms with Crippen LogP contribution in [0.3, 0.4) is 0 Å². The van der Waals surface area contributed by atoms with Gasteiger partial charge in [-0.2, -0.15) is 22.8 Å². The topological polar surface area (TPSA) is 167 Å². The number of imidazole rings is 1. The van der Waals surface area contributed by atoms with Gasteiger partial charge >= 0.3 is 16.4 Å². The fourth-order valence-corrected chi connectivity index (χ4v) is 4.39. The highest BCUT2D eigenvalue weighted by Gasteiger charge is 2.21. The zero-order valence-electron chi connectivity index (χ0n) is 17.9. The first-order valence-corrected chi connectivity index (χ1v) is 12.8. The van der Waals surface area contributed by atoms with E-state index in [1.807, 2.05) is 12.1 Å². The van der Waals surface area contributed by atoms with E-state index in [2.05, 4.69) is 41.7 Å². The second-order valence-corrected chi connectivity index (χ2v) is 9.72. The molecule has 0 fully saturated rings. The van der Waals surface area contributed by atoms with E-state index < -0.39 is 16.4 Å². The summed E-state index contributed by atoms with van der Waals surface area (Å²) in [5.74, 6) is 1.90. The van der Waals surface area contributed by atoms with Gasteiger partial charge in [-0.05, 0) is 53.1 Å². The molecule has 0 spiro atoms. The summed E-state index contributed by atoms with van der Waals surface area (Å²) in [6.45, 7) is 1.17. The monoisotopic (exact) mass is 608 g/mol. The largest absolute Gasteiger partial charge is 0.454 e. The van der Waals surface area contributed by atoms with E-state index in [1.54, 1.807) is 4.57 Å². The zero-order chi connectivity index (χ0) is 24.3. The zero-order valence-corrected chi connectivity index (χ0v) is 20.8. The van der Waals surface area contributed by atoms with E-state index in [0.717, 1.165) is 9.13 Å². The average molecular weight is 608 g/mol. The molecule has 1 aliphatic heterocycles. The van der Waals surface area contributed by atoms with Crippen LogP contribution in [0, 0.1) is 9.65 Å². The van der Waals surface area contributed by atoms with Crippen LogP contribution in [0.1, 0.15) is 24.2 Å². The van der Waals surface area contributed by atoms with Gasteiger partial charge in [0, 0.05) is 23.1 Å². The Morgan fingerprint density at radius 2 is 1.85 bits per heavy atom. The number of unbranched alkanes of at least 4 members (excludes halogenated alkanes) is 1. The Hall–Kier alpha value is -2.34.